The lowest BCUT2D eigenvalue weighted by molar-refractivity contribution is 0.0950. The molecular weight excluding hydrogens is 381 g/mol. The highest BCUT2D eigenvalue weighted by Gasteiger charge is 2.11. The first kappa shape index (κ1) is 17.9. The summed E-state index contributed by atoms with van der Waals surface area (Å²) in [5, 5.41) is 11.7. The van der Waals surface area contributed by atoms with Crippen LogP contribution in [0.4, 0.5) is 4.39 Å². The number of nitrogens with zero attached hydrogens (tertiary/aromatic N) is 4. The van der Waals surface area contributed by atoms with Crippen LogP contribution in [0.3, 0.4) is 0 Å². The van der Waals surface area contributed by atoms with E-state index in [1.807, 2.05) is 18.3 Å². The normalized spacial score (nSPS) is 10.8. The molecular formula is C20H15ClFN5O. The minimum absolute atomic E-state index is 0.235. The minimum Gasteiger partial charge on any atom is -0.348 e. The van der Waals surface area contributed by atoms with Crippen molar-refractivity contribution in [1.82, 2.24) is 24.9 Å². The second kappa shape index (κ2) is 7.66. The van der Waals surface area contributed by atoms with E-state index < -0.39 is 5.82 Å². The molecule has 0 unspecified atom stereocenters. The van der Waals surface area contributed by atoms with Gasteiger partial charge in [-0.3, -0.25) is 4.79 Å². The molecule has 4 aromatic rings. The van der Waals surface area contributed by atoms with Crippen LogP contribution < -0.4 is 5.32 Å². The topological polar surface area (TPSA) is 64.7 Å². The highest BCUT2D eigenvalue weighted by molar-refractivity contribution is 6.30. The zero-order chi connectivity index (χ0) is 19.5. The summed E-state index contributed by atoms with van der Waals surface area (Å²) in [4.78, 5) is 12.3. The lowest BCUT2D eigenvalue weighted by Gasteiger charge is -2.07. The average molecular weight is 396 g/mol. The molecule has 0 atom stereocenters. The van der Waals surface area contributed by atoms with Gasteiger partial charge in [-0.1, -0.05) is 11.6 Å². The molecule has 0 aliphatic heterocycles. The van der Waals surface area contributed by atoms with Crippen LogP contribution in [0.25, 0.3) is 11.4 Å². The summed E-state index contributed by atoms with van der Waals surface area (Å²) in [6.07, 6.45) is 6.67. The van der Waals surface area contributed by atoms with Crippen LogP contribution in [0, 0.1) is 5.82 Å². The highest BCUT2D eigenvalue weighted by atomic mass is 35.5. The summed E-state index contributed by atoms with van der Waals surface area (Å²) in [5.74, 6) is -0.892. The van der Waals surface area contributed by atoms with E-state index in [4.69, 9.17) is 11.6 Å². The highest BCUT2D eigenvalue weighted by Crippen LogP contribution is 2.15. The first-order valence-electron chi connectivity index (χ1n) is 8.47. The molecule has 6 nitrogen and oxygen atoms in total. The van der Waals surface area contributed by atoms with Crippen molar-refractivity contribution >= 4 is 17.5 Å². The van der Waals surface area contributed by atoms with Crippen LogP contribution in [0.5, 0.6) is 0 Å². The van der Waals surface area contributed by atoms with Gasteiger partial charge < -0.3 is 5.32 Å². The number of hydrogen-bond donors (Lipinski definition) is 1. The zero-order valence-electron chi connectivity index (χ0n) is 14.6. The maximum atomic E-state index is 14.3. The van der Waals surface area contributed by atoms with Gasteiger partial charge >= 0.3 is 0 Å². The van der Waals surface area contributed by atoms with Gasteiger partial charge in [0.25, 0.3) is 5.91 Å². The fraction of sp³-hybridized carbons (Fsp3) is 0.0500. The smallest absolute Gasteiger partial charge is 0.251 e. The molecule has 0 radical (unpaired) electrons. The van der Waals surface area contributed by atoms with Crippen molar-refractivity contribution in [3.63, 3.8) is 0 Å². The Morgan fingerprint density at radius 3 is 2.64 bits per heavy atom. The standard InChI is InChI=1S/C20H15ClFN5O/c21-16-3-5-17(6-4-16)27-13-14(12-25-27)11-23-20(28)15-2-7-19(18(22)10-15)26-9-1-8-24-26/h1-10,12-13H,11H2,(H,23,28). The molecule has 2 aromatic carbocycles. The number of rotatable bonds is 5. The predicted molar refractivity (Wildman–Crippen MR) is 103 cm³/mol. The summed E-state index contributed by atoms with van der Waals surface area (Å²) in [6, 6.07) is 13.2. The minimum atomic E-state index is -0.521. The van der Waals surface area contributed by atoms with E-state index in [0.717, 1.165) is 11.3 Å². The van der Waals surface area contributed by atoms with E-state index >= 15 is 0 Å². The summed E-state index contributed by atoms with van der Waals surface area (Å²) < 4.78 is 17.4. The third-order valence-corrected chi connectivity index (χ3v) is 4.39. The largest absolute Gasteiger partial charge is 0.348 e. The number of halogens is 2. The molecule has 28 heavy (non-hydrogen) atoms. The van der Waals surface area contributed by atoms with Gasteiger partial charge in [0.1, 0.15) is 11.5 Å². The van der Waals surface area contributed by atoms with Crippen LogP contribution >= 0.6 is 11.6 Å². The van der Waals surface area contributed by atoms with Gasteiger partial charge in [-0.05, 0) is 48.5 Å². The Labute approximate surface area is 165 Å². The van der Waals surface area contributed by atoms with Crippen molar-refractivity contribution in [3.05, 3.63) is 95.3 Å². The van der Waals surface area contributed by atoms with Crippen LogP contribution in [0.2, 0.25) is 5.02 Å². The number of carbonyl (C=O) groups excluding carboxylic acids is 1. The third-order valence-electron chi connectivity index (χ3n) is 4.14. The van der Waals surface area contributed by atoms with Crippen LogP contribution in [-0.2, 0) is 6.54 Å². The summed E-state index contributed by atoms with van der Waals surface area (Å²) in [7, 11) is 0. The van der Waals surface area contributed by atoms with E-state index in [9.17, 15) is 9.18 Å². The summed E-state index contributed by atoms with van der Waals surface area (Å²) >= 11 is 5.89. The number of hydrogen-bond acceptors (Lipinski definition) is 3. The first-order chi connectivity index (χ1) is 13.6. The zero-order valence-corrected chi connectivity index (χ0v) is 15.3. The number of aromatic nitrogens is 4. The summed E-state index contributed by atoms with van der Waals surface area (Å²) in [5.41, 5.74) is 2.19. The lowest BCUT2D eigenvalue weighted by atomic mass is 10.2. The lowest BCUT2D eigenvalue weighted by Crippen LogP contribution is -2.22. The van der Waals surface area contributed by atoms with E-state index in [0.29, 0.717) is 5.02 Å². The van der Waals surface area contributed by atoms with Gasteiger partial charge in [0.05, 0.1) is 11.9 Å². The van der Waals surface area contributed by atoms with E-state index in [1.54, 1.807) is 47.5 Å². The number of nitrogens with one attached hydrogen (secondary N) is 1. The van der Waals surface area contributed by atoms with Crippen molar-refractivity contribution in [2.24, 2.45) is 0 Å². The molecule has 0 aliphatic carbocycles. The Bertz CT molecular complexity index is 1110. The molecule has 2 heterocycles. The molecule has 0 fully saturated rings. The van der Waals surface area contributed by atoms with Gasteiger partial charge in [0.2, 0.25) is 0 Å². The maximum absolute atomic E-state index is 14.3. The molecule has 2 aromatic heterocycles. The third kappa shape index (κ3) is 3.79. The molecule has 8 heteroatoms. The number of benzene rings is 2. The molecule has 0 saturated carbocycles. The Kier molecular flexibility index (Phi) is 4.90. The number of amides is 1. The Morgan fingerprint density at radius 1 is 1.11 bits per heavy atom. The fourth-order valence-electron chi connectivity index (χ4n) is 2.72. The second-order valence-corrected chi connectivity index (χ2v) is 6.51. The fourth-order valence-corrected chi connectivity index (χ4v) is 2.84. The van der Waals surface area contributed by atoms with E-state index in [-0.39, 0.29) is 23.7 Å². The monoisotopic (exact) mass is 395 g/mol. The predicted octanol–water partition coefficient (Wildman–Crippen LogP) is 3.78. The molecule has 0 aliphatic rings. The molecule has 4 rings (SSSR count). The Morgan fingerprint density at radius 2 is 1.93 bits per heavy atom. The van der Waals surface area contributed by atoms with Gasteiger partial charge in [0, 0.05) is 41.3 Å². The number of carbonyl (C=O) groups is 1. The van der Waals surface area contributed by atoms with E-state index in [1.165, 1.54) is 16.8 Å². The van der Waals surface area contributed by atoms with Crippen LogP contribution in [-0.4, -0.2) is 25.5 Å². The SMILES string of the molecule is O=C(NCc1cnn(-c2ccc(Cl)cc2)c1)c1ccc(-n2cccn2)c(F)c1. The van der Waals surface area contributed by atoms with Gasteiger partial charge in [0.15, 0.2) is 0 Å². The maximum Gasteiger partial charge on any atom is 0.251 e. The van der Waals surface area contributed by atoms with Gasteiger partial charge in [-0.25, -0.2) is 13.8 Å². The molecule has 0 bridgehead atoms. The summed E-state index contributed by atoms with van der Waals surface area (Å²) in [6.45, 7) is 0.273. The molecule has 0 saturated heterocycles. The van der Waals surface area contributed by atoms with Crippen molar-refractivity contribution < 1.29 is 9.18 Å². The second-order valence-electron chi connectivity index (χ2n) is 6.07. The molecule has 1 amide bonds. The van der Waals surface area contributed by atoms with Crippen molar-refractivity contribution in [2.45, 2.75) is 6.54 Å². The quantitative estimate of drug-likeness (QED) is 0.559. The van der Waals surface area contributed by atoms with Crippen molar-refractivity contribution in [2.75, 3.05) is 0 Å². The van der Waals surface area contributed by atoms with Gasteiger partial charge in [-0.2, -0.15) is 10.2 Å². The van der Waals surface area contributed by atoms with Crippen molar-refractivity contribution in [3.8, 4) is 11.4 Å². The molecule has 1 N–H and O–H groups in total. The molecule has 0 spiro atoms. The Balaban J connectivity index is 1.42. The van der Waals surface area contributed by atoms with Crippen LogP contribution in [0.1, 0.15) is 15.9 Å². The first-order valence-corrected chi connectivity index (χ1v) is 8.85. The average Bonchev–Trinajstić information content (AvgIpc) is 3.39. The van der Waals surface area contributed by atoms with Gasteiger partial charge in [-0.15, -0.1) is 0 Å². The van der Waals surface area contributed by atoms with E-state index in [2.05, 4.69) is 15.5 Å². The Hall–Kier alpha value is -3.45. The molecule has 140 valence electrons. The van der Waals surface area contributed by atoms with Crippen molar-refractivity contribution in [1.29, 1.82) is 0 Å². The van der Waals surface area contributed by atoms with Crippen LogP contribution in [0.15, 0.2) is 73.3 Å².